The van der Waals surface area contributed by atoms with Gasteiger partial charge >= 0.3 is 0 Å². The largest absolute Gasteiger partial charge is 0.618 e. The summed E-state index contributed by atoms with van der Waals surface area (Å²) >= 11 is 1.23. The van der Waals surface area contributed by atoms with Crippen LogP contribution in [0, 0.1) is 5.21 Å². The van der Waals surface area contributed by atoms with E-state index in [1.807, 2.05) is 6.92 Å². The van der Waals surface area contributed by atoms with E-state index in [4.69, 9.17) is 0 Å². The highest BCUT2D eigenvalue weighted by molar-refractivity contribution is 7.99. The maximum atomic E-state index is 11.2. The van der Waals surface area contributed by atoms with Crippen molar-refractivity contribution in [2.24, 2.45) is 0 Å². The van der Waals surface area contributed by atoms with E-state index >= 15 is 0 Å². The van der Waals surface area contributed by atoms with E-state index in [0.29, 0.717) is 11.6 Å². The molecule has 0 aromatic carbocycles. The number of aromatic nitrogens is 1. The zero-order chi connectivity index (χ0) is 10.4. The number of amides is 1. The van der Waals surface area contributed by atoms with Gasteiger partial charge in [0, 0.05) is 18.7 Å². The monoisotopic (exact) mass is 212 g/mol. The molecule has 1 amide bonds. The summed E-state index contributed by atoms with van der Waals surface area (Å²) < 4.78 is 0.754. The second-order valence-electron chi connectivity index (χ2n) is 2.61. The molecule has 0 radical (unpaired) electrons. The van der Waals surface area contributed by atoms with Crippen LogP contribution < -0.4 is 10.0 Å². The van der Waals surface area contributed by atoms with E-state index in [1.165, 1.54) is 18.0 Å². The second kappa shape index (κ2) is 5.49. The van der Waals surface area contributed by atoms with E-state index in [9.17, 15) is 10.0 Å². The summed E-state index contributed by atoms with van der Waals surface area (Å²) in [6.45, 7) is 2.48. The first kappa shape index (κ1) is 10.8. The molecule has 1 aromatic rings. The lowest BCUT2D eigenvalue weighted by Crippen LogP contribution is -2.29. The average Bonchev–Trinajstić information content (AvgIpc) is 2.17. The number of hydrogen-bond donors (Lipinski definition) is 1. The Balaban J connectivity index is 2.46. The van der Waals surface area contributed by atoms with Crippen molar-refractivity contribution < 1.29 is 9.52 Å². The van der Waals surface area contributed by atoms with E-state index in [2.05, 4.69) is 5.32 Å². The standard InChI is InChI=1S/C9H12N2O2S/c1-2-10-8(12)7-14-9-5-3-4-6-11(9)13/h3-6H,2,7H2,1H3,(H,10,12). The summed E-state index contributed by atoms with van der Waals surface area (Å²) in [5.41, 5.74) is 0. The number of nitrogens with zero attached hydrogens (tertiary/aromatic N) is 1. The Labute approximate surface area is 86.9 Å². The zero-order valence-corrected chi connectivity index (χ0v) is 8.71. The van der Waals surface area contributed by atoms with Gasteiger partial charge in [0.2, 0.25) is 5.91 Å². The fraction of sp³-hybridized carbons (Fsp3) is 0.333. The molecule has 0 atom stereocenters. The van der Waals surface area contributed by atoms with Crippen LogP contribution in [0.15, 0.2) is 29.4 Å². The molecule has 0 saturated heterocycles. The molecule has 0 aliphatic heterocycles. The van der Waals surface area contributed by atoms with Crippen molar-refractivity contribution >= 4 is 17.7 Å². The van der Waals surface area contributed by atoms with Gasteiger partial charge in [-0.3, -0.25) is 4.79 Å². The van der Waals surface area contributed by atoms with Crippen molar-refractivity contribution in [1.29, 1.82) is 0 Å². The predicted molar refractivity (Wildman–Crippen MR) is 54.8 cm³/mol. The molecule has 76 valence electrons. The number of nitrogens with one attached hydrogen (secondary N) is 1. The molecule has 0 unspecified atom stereocenters. The van der Waals surface area contributed by atoms with Gasteiger partial charge in [0.25, 0.3) is 5.03 Å². The summed E-state index contributed by atoms with van der Waals surface area (Å²) in [5.74, 6) is 0.224. The summed E-state index contributed by atoms with van der Waals surface area (Å²) in [6.07, 6.45) is 1.42. The summed E-state index contributed by atoms with van der Waals surface area (Å²) in [7, 11) is 0. The van der Waals surface area contributed by atoms with Gasteiger partial charge in [0.05, 0.1) is 5.75 Å². The third kappa shape index (κ3) is 3.26. The molecule has 1 heterocycles. The molecule has 14 heavy (non-hydrogen) atoms. The summed E-state index contributed by atoms with van der Waals surface area (Å²) in [4.78, 5) is 11.1. The highest BCUT2D eigenvalue weighted by atomic mass is 32.2. The number of rotatable bonds is 4. The Hall–Kier alpha value is -1.23. The van der Waals surface area contributed by atoms with Crippen molar-refractivity contribution in [3.63, 3.8) is 0 Å². The Kier molecular flexibility index (Phi) is 4.25. The van der Waals surface area contributed by atoms with Crippen LogP contribution in [-0.2, 0) is 4.79 Å². The topological polar surface area (TPSA) is 56.0 Å². The second-order valence-corrected chi connectivity index (χ2v) is 3.60. The van der Waals surface area contributed by atoms with Crippen molar-refractivity contribution in [2.75, 3.05) is 12.3 Å². The quantitative estimate of drug-likeness (QED) is 0.450. The minimum Gasteiger partial charge on any atom is -0.618 e. The lowest BCUT2D eigenvalue weighted by molar-refractivity contribution is -0.645. The maximum absolute atomic E-state index is 11.2. The van der Waals surface area contributed by atoms with Crippen molar-refractivity contribution in [2.45, 2.75) is 11.9 Å². The van der Waals surface area contributed by atoms with Crippen LogP contribution in [0.3, 0.4) is 0 Å². The van der Waals surface area contributed by atoms with Gasteiger partial charge in [-0.2, -0.15) is 4.73 Å². The van der Waals surface area contributed by atoms with Crippen molar-refractivity contribution in [3.8, 4) is 0 Å². The van der Waals surface area contributed by atoms with Crippen LogP contribution in [0.4, 0.5) is 0 Å². The number of thioether (sulfide) groups is 1. The third-order valence-corrected chi connectivity index (χ3v) is 2.53. The van der Waals surface area contributed by atoms with Crippen LogP contribution in [0.2, 0.25) is 0 Å². The van der Waals surface area contributed by atoms with E-state index in [1.54, 1.807) is 18.2 Å². The van der Waals surface area contributed by atoms with E-state index in [0.717, 1.165) is 4.73 Å². The maximum Gasteiger partial charge on any atom is 0.251 e. The summed E-state index contributed by atoms with van der Waals surface area (Å²) in [5, 5.41) is 14.4. The average molecular weight is 212 g/mol. The van der Waals surface area contributed by atoms with Crippen LogP contribution in [-0.4, -0.2) is 18.2 Å². The van der Waals surface area contributed by atoms with Crippen LogP contribution in [0.5, 0.6) is 0 Å². The third-order valence-electron chi connectivity index (χ3n) is 1.51. The first-order chi connectivity index (χ1) is 6.74. The number of pyridine rings is 1. The molecule has 5 heteroatoms. The number of carbonyl (C=O) groups is 1. The minimum absolute atomic E-state index is 0.0543. The lowest BCUT2D eigenvalue weighted by atomic mass is 10.5. The Morgan fingerprint density at radius 2 is 2.43 bits per heavy atom. The molecular weight excluding hydrogens is 200 g/mol. The molecule has 1 aromatic heterocycles. The molecule has 0 fully saturated rings. The fourth-order valence-electron chi connectivity index (χ4n) is 0.912. The SMILES string of the molecule is CCNC(=O)CSc1cccc[n+]1[O-]. The van der Waals surface area contributed by atoms with Gasteiger partial charge in [0.15, 0.2) is 6.20 Å². The molecule has 1 N–H and O–H groups in total. The van der Waals surface area contributed by atoms with E-state index < -0.39 is 0 Å². The van der Waals surface area contributed by atoms with Gasteiger partial charge in [0.1, 0.15) is 0 Å². The normalized spacial score (nSPS) is 9.79. The molecule has 0 aliphatic rings. The van der Waals surface area contributed by atoms with Crippen LogP contribution in [0.25, 0.3) is 0 Å². The van der Waals surface area contributed by atoms with E-state index in [-0.39, 0.29) is 11.7 Å². The van der Waals surface area contributed by atoms with Gasteiger partial charge in [-0.15, -0.1) is 0 Å². The molecule has 0 saturated carbocycles. The van der Waals surface area contributed by atoms with Crippen molar-refractivity contribution in [3.05, 3.63) is 29.6 Å². The van der Waals surface area contributed by atoms with Crippen molar-refractivity contribution in [1.82, 2.24) is 5.32 Å². The smallest absolute Gasteiger partial charge is 0.251 e. The Morgan fingerprint density at radius 3 is 3.07 bits per heavy atom. The predicted octanol–water partition coefficient (Wildman–Crippen LogP) is 0.548. The molecule has 0 spiro atoms. The van der Waals surface area contributed by atoms with Gasteiger partial charge in [-0.25, -0.2) is 0 Å². The van der Waals surface area contributed by atoms with Gasteiger partial charge in [-0.05, 0) is 24.8 Å². The minimum atomic E-state index is -0.0543. The highest BCUT2D eigenvalue weighted by Gasteiger charge is 2.07. The first-order valence-corrected chi connectivity index (χ1v) is 5.30. The van der Waals surface area contributed by atoms with Crippen LogP contribution in [0.1, 0.15) is 6.92 Å². The molecule has 1 rings (SSSR count). The summed E-state index contributed by atoms with van der Waals surface area (Å²) in [6, 6.07) is 5.12. The van der Waals surface area contributed by atoms with Gasteiger partial charge < -0.3 is 10.5 Å². The fourth-order valence-corrected chi connectivity index (χ4v) is 1.66. The first-order valence-electron chi connectivity index (χ1n) is 4.31. The zero-order valence-electron chi connectivity index (χ0n) is 7.90. The Morgan fingerprint density at radius 1 is 1.64 bits per heavy atom. The van der Waals surface area contributed by atoms with Gasteiger partial charge in [-0.1, -0.05) is 0 Å². The molecule has 0 aliphatic carbocycles. The lowest BCUT2D eigenvalue weighted by Gasteiger charge is -2.03. The molecule has 4 nitrogen and oxygen atoms in total. The Bertz CT molecular complexity index is 317. The number of hydrogen-bond acceptors (Lipinski definition) is 3. The number of carbonyl (C=O) groups excluding carboxylic acids is 1. The highest BCUT2D eigenvalue weighted by Crippen LogP contribution is 2.11. The molecular formula is C9H12N2O2S. The van der Waals surface area contributed by atoms with Crippen LogP contribution >= 0.6 is 11.8 Å². The molecule has 0 bridgehead atoms.